The van der Waals surface area contributed by atoms with Crippen molar-refractivity contribution in [3.63, 3.8) is 0 Å². The lowest BCUT2D eigenvalue weighted by atomic mass is 10.0. The van der Waals surface area contributed by atoms with Crippen LogP contribution in [-0.4, -0.2) is 23.0 Å². The van der Waals surface area contributed by atoms with Crippen molar-refractivity contribution in [1.82, 2.24) is 10.3 Å². The van der Waals surface area contributed by atoms with E-state index in [0.29, 0.717) is 11.3 Å². The van der Waals surface area contributed by atoms with Crippen LogP contribution in [0.25, 0.3) is 10.9 Å². The Balaban J connectivity index is 1.53. The van der Waals surface area contributed by atoms with Crippen LogP contribution in [0.4, 0.5) is 0 Å². The molecule has 138 valence electrons. The van der Waals surface area contributed by atoms with Crippen molar-refractivity contribution in [2.45, 2.75) is 38.8 Å². The van der Waals surface area contributed by atoms with Gasteiger partial charge in [0.05, 0.1) is 23.9 Å². The maximum absolute atomic E-state index is 12.9. The van der Waals surface area contributed by atoms with Crippen molar-refractivity contribution < 1.29 is 18.7 Å². The average Bonchev–Trinajstić information content (AvgIpc) is 3.35. The molecule has 0 bridgehead atoms. The molecule has 1 atom stereocenters. The van der Waals surface area contributed by atoms with E-state index in [2.05, 4.69) is 10.3 Å². The molecule has 27 heavy (non-hydrogen) atoms. The molecular weight excluding hydrogens is 344 g/mol. The van der Waals surface area contributed by atoms with Gasteiger partial charge in [0.25, 0.3) is 5.91 Å². The number of amides is 1. The van der Waals surface area contributed by atoms with Crippen molar-refractivity contribution in [2.24, 2.45) is 0 Å². The normalized spacial score (nSPS) is 14.0. The number of pyridine rings is 1. The summed E-state index contributed by atoms with van der Waals surface area (Å²) in [6.07, 6.45) is 3.27. The van der Waals surface area contributed by atoms with Gasteiger partial charge in [0.1, 0.15) is 5.76 Å². The zero-order valence-electron chi connectivity index (χ0n) is 15.0. The molecule has 3 aromatic rings. The fraction of sp³-hybridized carbons (Fsp3) is 0.286. The van der Waals surface area contributed by atoms with Gasteiger partial charge in [0.15, 0.2) is 6.10 Å². The van der Waals surface area contributed by atoms with E-state index in [4.69, 9.17) is 9.15 Å². The number of fused-ring (bicyclic) bond motifs is 2. The number of rotatable bonds is 5. The number of ether oxygens (including phenoxy) is 1. The minimum atomic E-state index is -0.906. The van der Waals surface area contributed by atoms with Gasteiger partial charge >= 0.3 is 5.97 Å². The van der Waals surface area contributed by atoms with Gasteiger partial charge in [-0.2, -0.15) is 0 Å². The van der Waals surface area contributed by atoms with Gasteiger partial charge in [0.2, 0.25) is 0 Å². The second-order valence-corrected chi connectivity index (χ2v) is 6.63. The van der Waals surface area contributed by atoms with Crippen LogP contribution in [0.15, 0.2) is 47.1 Å². The Kier molecular flexibility index (Phi) is 4.62. The summed E-state index contributed by atoms with van der Waals surface area (Å²) in [6.45, 7) is 1.82. The lowest BCUT2D eigenvalue weighted by Gasteiger charge is -2.16. The summed E-state index contributed by atoms with van der Waals surface area (Å²) >= 11 is 0. The van der Waals surface area contributed by atoms with Crippen molar-refractivity contribution >= 4 is 22.8 Å². The van der Waals surface area contributed by atoms with E-state index in [-0.39, 0.29) is 12.5 Å². The summed E-state index contributed by atoms with van der Waals surface area (Å²) in [5.74, 6) is -0.207. The first-order valence-corrected chi connectivity index (χ1v) is 9.05. The van der Waals surface area contributed by atoms with Gasteiger partial charge in [-0.25, -0.2) is 4.79 Å². The van der Waals surface area contributed by atoms with Gasteiger partial charge in [-0.1, -0.05) is 18.2 Å². The number of carbonyl (C=O) groups excluding carboxylic acids is 2. The zero-order valence-corrected chi connectivity index (χ0v) is 15.0. The number of hydrogen-bond acceptors (Lipinski definition) is 5. The summed E-state index contributed by atoms with van der Waals surface area (Å²) in [6, 6.07) is 11.1. The minimum absolute atomic E-state index is 0.251. The highest BCUT2D eigenvalue weighted by molar-refractivity contribution is 6.05. The Morgan fingerprint density at radius 3 is 2.89 bits per heavy atom. The number of hydrogen-bond donors (Lipinski definition) is 1. The highest BCUT2D eigenvalue weighted by Crippen LogP contribution is 2.30. The third-order valence-corrected chi connectivity index (χ3v) is 4.79. The second kappa shape index (κ2) is 7.23. The van der Waals surface area contributed by atoms with Gasteiger partial charge < -0.3 is 14.5 Å². The first kappa shape index (κ1) is 17.3. The molecule has 1 N–H and O–H groups in total. The Morgan fingerprint density at radius 2 is 2.07 bits per heavy atom. The lowest BCUT2D eigenvalue weighted by Crippen LogP contribution is -2.35. The molecule has 0 spiro atoms. The number of para-hydroxylation sites is 1. The maximum Gasteiger partial charge on any atom is 0.339 e. The standard InChI is InChI=1S/C21H20N2O4/c1-13(20(24)22-12-14-6-5-11-26-14)27-21(25)19-15-7-2-3-9-17(15)23-18-10-4-8-16(18)19/h2-3,5-7,9,11,13H,4,8,10,12H2,1H3,(H,22,24)/t13-/m1/s1. The fourth-order valence-electron chi connectivity index (χ4n) is 3.45. The second-order valence-electron chi connectivity index (χ2n) is 6.63. The van der Waals surface area contributed by atoms with Crippen molar-refractivity contribution in [3.8, 4) is 0 Å². The monoisotopic (exact) mass is 364 g/mol. The number of nitrogens with one attached hydrogen (secondary N) is 1. The molecule has 0 fully saturated rings. The number of aromatic nitrogens is 1. The first-order valence-electron chi connectivity index (χ1n) is 9.05. The predicted molar refractivity (Wildman–Crippen MR) is 99.2 cm³/mol. The minimum Gasteiger partial charge on any atom is -0.467 e. The summed E-state index contributed by atoms with van der Waals surface area (Å²) in [5.41, 5.74) is 3.22. The Hall–Kier alpha value is -3.15. The van der Waals surface area contributed by atoms with E-state index in [1.165, 1.54) is 0 Å². The predicted octanol–water partition coefficient (Wildman–Crippen LogP) is 3.18. The van der Waals surface area contributed by atoms with E-state index in [9.17, 15) is 9.59 Å². The third-order valence-electron chi connectivity index (χ3n) is 4.79. The van der Waals surface area contributed by atoms with Crippen LogP contribution in [0.2, 0.25) is 0 Å². The molecule has 6 heteroatoms. The fourth-order valence-corrected chi connectivity index (χ4v) is 3.45. The molecule has 4 rings (SSSR count). The quantitative estimate of drug-likeness (QED) is 0.703. The first-order chi connectivity index (χ1) is 13.1. The molecule has 0 unspecified atom stereocenters. The van der Waals surface area contributed by atoms with Crippen LogP contribution in [0.1, 0.15) is 40.7 Å². The van der Waals surface area contributed by atoms with Crippen LogP contribution in [0, 0.1) is 0 Å². The van der Waals surface area contributed by atoms with Crippen LogP contribution in [0.3, 0.4) is 0 Å². The molecular formula is C21H20N2O4. The molecule has 0 aliphatic heterocycles. The number of esters is 1. The summed E-state index contributed by atoms with van der Waals surface area (Å²) in [7, 11) is 0. The molecule has 2 heterocycles. The molecule has 1 aliphatic rings. The number of carbonyl (C=O) groups is 2. The zero-order chi connectivity index (χ0) is 18.8. The highest BCUT2D eigenvalue weighted by atomic mass is 16.5. The van der Waals surface area contributed by atoms with Crippen molar-refractivity contribution in [2.75, 3.05) is 0 Å². The van der Waals surface area contributed by atoms with E-state index < -0.39 is 12.1 Å². The topological polar surface area (TPSA) is 81.4 Å². The van der Waals surface area contributed by atoms with Crippen LogP contribution < -0.4 is 5.32 Å². The summed E-state index contributed by atoms with van der Waals surface area (Å²) in [4.78, 5) is 29.9. The largest absolute Gasteiger partial charge is 0.467 e. The molecule has 0 saturated carbocycles. The van der Waals surface area contributed by atoms with Gasteiger partial charge in [0, 0.05) is 11.1 Å². The maximum atomic E-state index is 12.9. The highest BCUT2D eigenvalue weighted by Gasteiger charge is 2.27. The summed E-state index contributed by atoms with van der Waals surface area (Å²) < 4.78 is 10.7. The van der Waals surface area contributed by atoms with Crippen LogP contribution >= 0.6 is 0 Å². The molecule has 1 aliphatic carbocycles. The molecule has 2 aromatic heterocycles. The van der Waals surface area contributed by atoms with E-state index >= 15 is 0 Å². The molecule has 6 nitrogen and oxygen atoms in total. The third kappa shape index (κ3) is 3.43. The van der Waals surface area contributed by atoms with E-state index in [1.807, 2.05) is 24.3 Å². The Morgan fingerprint density at radius 1 is 1.22 bits per heavy atom. The Labute approximate surface area is 156 Å². The Bertz CT molecular complexity index is 995. The SMILES string of the molecule is C[C@@H](OC(=O)c1c2c(nc3ccccc13)CCC2)C(=O)NCc1ccco1. The molecule has 1 amide bonds. The lowest BCUT2D eigenvalue weighted by molar-refractivity contribution is -0.129. The smallest absolute Gasteiger partial charge is 0.339 e. The molecule has 0 radical (unpaired) electrons. The van der Waals surface area contributed by atoms with Gasteiger partial charge in [-0.05, 0) is 49.9 Å². The van der Waals surface area contributed by atoms with Crippen LogP contribution in [-0.2, 0) is 28.9 Å². The van der Waals surface area contributed by atoms with E-state index in [1.54, 1.807) is 25.3 Å². The van der Waals surface area contributed by atoms with Gasteiger partial charge in [-0.15, -0.1) is 0 Å². The van der Waals surface area contributed by atoms with Crippen molar-refractivity contribution in [1.29, 1.82) is 0 Å². The molecule has 0 saturated heterocycles. The number of furan rings is 1. The molecule has 1 aromatic carbocycles. The van der Waals surface area contributed by atoms with Crippen molar-refractivity contribution in [3.05, 3.63) is 65.2 Å². The number of benzene rings is 1. The average molecular weight is 364 g/mol. The van der Waals surface area contributed by atoms with E-state index in [0.717, 1.165) is 41.4 Å². The van der Waals surface area contributed by atoms with Crippen LogP contribution in [0.5, 0.6) is 0 Å². The number of aryl methyl sites for hydroxylation is 1. The number of nitrogens with zero attached hydrogens (tertiary/aromatic N) is 1. The van der Waals surface area contributed by atoms with Gasteiger partial charge in [-0.3, -0.25) is 9.78 Å². The summed E-state index contributed by atoms with van der Waals surface area (Å²) in [5, 5.41) is 3.48.